The second kappa shape index (κ2) is 58.3. The van der Waals surface area contributed by atoms with E-state index in [0.717, 1.165) is 141 Å². The van der Waals surface area contributed by atoms with Gasteiger partial charge in [-0.2, -0.15) is 0 Å². The number of allylic oxidation sites excluding steroid dienone is 26. The molecule has 2 unspecified atom stereocenters. The number of likely N-dealkylation sites (N-methyl/N-ethyl adjacent to an activating group) is 1. The molecule has 0 heterocycles. The number of carbonyl (C=O) groups is 2. The number of rotatable bonds is 54. The van der Waals surface area contributed by atoms with E-state index >= 15 is 0 Å². The van der Waals surface area contributed by atoms with Gasteiger partial charge in [-0.1, -0.05) is 230 Å². The monoisotopic (exact) mass is 1110 g/mol. The number of phosphoric acid groups is 1. The minimum Gasteiger partial charge on any atom is -0.756 e. The summed E-state index contributed by atoms with van der Waals surface area (Å²) in [7, 11) is 1.12. The summed E-state index contributed by atoms with van der Waals surface area (Å²) in [5.41, 5.74) is 0. The van der Waals surface area contributed by atoms with Crippen LogP contribution in [0.4, 0.5) is 0 Å². The first kappa shape index (κ1) is 74.6. The minimum atomic E-state index is -4.66. The molecule has 0 aromatic rings. The van der Waals surface area contributed by atoms with Crippen LogP contribution < -0.4 is 4.89 Å². The molecule has 0 spiro atoms. The van der Waals surface area contributed by atoms with Gasteiger partial charge in [0.1, 0.15) is 19.8 Å². The van der Waals surface area contributed by atoms with Crippen LogP contribution >= 0.6 is 7.82 Å². The molecule has 0 fully saturated rings. The summed E-state index contributed by atoms with van der Waals surface area (Å²) in [6.07, 6.45) is 87.3. The second-order valence-electron chi connectivity index (χ2n) is 21.0. The lowest BCUT2D eigenvalue weighted by molar-refractivity contribution is -0.870. The molecule has 0 aliphatic rings. The normalized spacial score (nSPS) is 14.4. The Morgan fingerprint density at radius 2 is 0.722 bits per heavy atom. The zero-order chi connectivity index (χ0) is 57.7. The maximum absolute atomic E-state index is 12.8. The van der Waals surface area contributed by atoms with Gasteiger partial charge in [0.25, 0.3) is 7.82 Å². The zero-order valence-corrected chi connectivity index (χ0v) is 51.4. The van der Waals surface area contributed by atoms with Crippen molar-refractivity contribution in [2.24, 2.45) is 0 Å². The van der Waals surface area contributed by atoms with Gasteiger partial charge in [0.2, 0.25) is 0 Å². The Morgan fingerprint density at radius 1 is 0.405 bits per heavy atom. The molecule has 0 radical (unpaired) electrons. The number of carbonyl (C=O) groups excluding carboxylic acids is 2. The van der Waals surface area contributed by atoms with E-state index in [1.807, 2.05) is 21.1 Å². The summed E-state index contributed by atoms with van der Waals surface area (Å²) < 4.78 is 34.1. The Labute approximate surface area is 484 Å². The Hall–Kier alpha value is -4.37. The molecule has 79 heavy (non-hydrogen) atoms. The molecule has 0 saturated carbocycles. The van der Waals surface area contributed by atoms with Crippen LogP contribution in [0.5, 0.6) is 0 Å². The summed E-state index contributed by atoms with van der Waals surface area (Å²) in [4.78, 5) is 37.8. The standard InChI is InChI=1S/C69H112NO8P/c1-6-8-10-12-14-16-18-20-22-24-25-26-27-28-29-30-31-32-33-34-35-36-37-38-39-40-41-42-43-44-45-46-48-50-52-54-56-58-60-62-69(72)78-67(66-77-79(73,74)76-64-63-70(3,4)5)65-75-68(71)61-59-57-55-53-51-49-47-23-21-19-17-15-13-11-9-7-2/h8,10,14,16-17,19-20,22-23,25-26,28-29,31-32,34-35,37-38,40-41,43-44,46-48,67H,6-7,9,11-13,15,18,21,24,27,30,33,36,39,42,45,49-66H2,1-5H3/b10-8-,16-14-,19-17-,22-20-,26-25-,29-28-,32-31-,35-34-,38-37-,41-40-,44-43-,47-23-,48-46-. The van der Waals surface area contributed by atoms with Crippen molar-refractivity contribution in [1.29, 1.82) is 0 Å². The molecule has 0 N–H and O–H groups in total. The van der Waals surface area contributed by atoms with Gasteiger partial charge >= 0.3 is 11.9 Å². The molecule has 0 aromatic heterocycles. The molecule has 446 valence electrons. The summed E-state index contributed by atoms with van der Waals surface area (Å²) in [5, 5.41) is 0. The quantitative estimate of drug-likeness (QED) is 0.0195. The number of hydrogen-bond donors (Lipinski definition) is 0. The Kier molecular flexibility index (Phi) is 55.1. The molecule has 0 bridgehead atoms. The second-order valence-corrected chi connectivity index (χ2v) is 22.4. The molecule has 0 aliphatic carbocycles. The average Bonchev–Trinajstić information content (AvgIpc) is 3.41. The van der Waals surface area contributed by atoms with E-state index in [1.165, 1.54) is 32.1 Å². The van der Waals surface area contributed by atoms with Crippen LogP contribution in [-0.4, -0.2) is 70.0 Å². The highest BCUT2D eigenvalue weighted by atomic mass is 31.2. The van der Waals surface area contributed by atoms with E-state index in [9.17, 15) is 19.0 Å². The summed E-state index contributed by atoms with van der Waals surface area (Å²) in [6, 6.07) is 0. The van der Waals surface area contributed by atoms with Crippen molar-refractivity contribution in [2.45, 2.75) is 219 Å². The molecular weight excluding hydrogens is 1000 g/mol. The van der Waals surface area contributed by atoms with Crippen LogP contribution in [0.3, 0.4) is 0 Å². The van der Waals surface area contributed by atoms with E-state index in [4.69, 9.17) is 18.5 Å². The lowest BCUT2D eigenvalue weighted by atomic mass is 10.1. The van der Waals surface area contributed by atoms with E-state index in [0.29, 0.717) is 23.9 Å². The molecule has 9 nitrogen and oxygen atoms in total. The van der Waals surface area contributed by atoms with Gasteiger partial charge in [0.15, 0.2) is 6.10 Å². The number of phosphoric ester groups is 1. The highest BCUT2D eigenvalue weighted by Crippen LogP contribution is 2.38. The number of nitrogens with zero attached hydrogens (tertiary/aromatic N) is 1. The van der Waals surface area contributed by atoms with Crippen molar-refractivity contribution in [3.05, 3.63) is 158 Å². The third kappa shape index (κ3) is 62.7. The lowest BCUT2D eigenvalue weighted by Crippen LogP contribution is -2.37. The number of unbranched alkanes of at least 4 members (excludes halogenated alkanes) is 14. The summed E-state index contributed by atoms with van der Waals surface area (Å²) in [6.45, 7) is 4.04. The third-order valence-electron chi connectivity index (χ3n) is 12.3. The smallest absolute Gasteiger partial charge is 0.306 e. The molecule has 0 aliphatic heterocycles. The molecule has 10 heteroatoms. The highest BCUT2D eigenvalue weighted by Gasteiger charge is 2.21. The van der Waals surface area contributed by atoms with E-state index in [2.05, 4.69) is 172 Å². The summed E-state index contributed by atoms with van der Waals surface area (Å²) in [5.74, 6) is -0.884. The van der Waals surface area contributed by atoms with Crippen molar-refractivity contribution in [2.75, 3.05) is 47.5 Å². The first-order valence-corrected chi connectivity index (χ1v) is 32.2. The van der Waals surface area contributed by atoms with Gasteiger partial charge in [-0.3, -0.25) is 14.2 Å². The predicted molar refractivity (Wildman–Crippen MR) is 337 cm³/mol. The van der Waals surface area contributed by atoms with Crippen molar-refractivity contribution < 1.29 is 42.1 Å². The first-order chi connectivity index (χ1) is 38.5. The van der Waals surface area contributed by atoms with E-state index < -0.39 is 32.5 Å². The van der Waals surface area contributed by atoms with Gasteiger partial charge in [-0.05, 0) is 128 Å². The van der Waals surface area contributed by atoms with Crippen LogP contribution in [0, 0.1) is 0 Å². The fourth-order valence-electron chi connectivity index (χ4n) is 7.57. The number of esters is 2. The number of quaternary nitrogens is 1. The number of ether oxygens (including phenoxy) is 2. The van der Waals surface area contributed by atoms with E-state index in [1.54, 1.807) is 0 Å². The molecule has 0 saturated heterocycles. The Morgan fingerprint density at radius 3 is 1.08 bits per heavy atom. The molecule has 0 amide bonds. The summed E-state index contributed by atoms with van der Waals surface area (Å²) >= 11 is 0. The fraction of sp³-hybridized carbons (Fsp3) is 0.594. The molecular formula is C69H112NO8P. The van der Waals surface area contributed by atoms with Gasteiger partial charge < -0.3 is 27.9 Å². The SMILES string of the molecule is CC/C=C\C/C=C\C/C=C\C/C=C\C/C=C\C/C=C\C/C=C\C/C=C\C/C=C\C/C=C\C/C=C\CCCCCCCC(=O)OC(COC(=O)CCCCCCC/C=C\C/C=C\CCCCCC)COP(=O)([O-])OCC[N+](C)(C)C. The fourth-order valence-corrected chi connectivity index (χ4v) is 8.30. The maximum Gasteiger partial charge on any atom is 0.306 e. The van der Waals surface area contributed by atoms with Gasteiger partial charge in [-0.15, -0.1) is 0 Å². The van der Waals surface area contributed by atoms with Crippen molar-refractivity contribution in [3.8, 4) is 0 Å². The average molecular weight is 1110 g/mol. The maximum atomic E-state index is 12.8. The third-order valence-corrected chi connectivity index (χ3v) is 13.2. The molecule has 2 atom stereocenters. The Bertz CT molecular complexity index is 1890. The van der Waals surface area contributed by atoms with Crippen LogP contribution in [0.1, 0.15) is 213 Å². The van der Waals surface area contributed by atoms with Gasteiger partial charge in [0, 0.05) is 12.8 Å². The van der Waals surface area contributed by atoms with E-state index in [-0.39, 0.29) is 26.1 Å². The Balaban J connectivity index is 4.21. The zero-order valence-electron chi connectivity index (χ0n) is 50.5. The topological polar surface area (TPSA) is 111 Å². The van der Waals surface area contributed by atoms with Crippen LogP contribution in [0.15, 0.2) is 158 Å². The van der Waals surface area contributed by atoms with Crippen LogP contribution in [0.2, 0.25) is 0 Å². The predicted octanol–water partition coefficient (Wildman–Crippen LogP) is 19.0. The molecule has 0 aromatic carbocycles. The molecule has 0 rings (SSSR count). The number of hydrogen-bond acceptors (Lipinski definition) is 8. The van der Waals surface area contributed by atoms with Crippen LogP contribution in [-0.2, 0) is 32.7 Å². The van der Waals surface area contributed by atoms with Crippen LogP contribution in [0.25, 0.3) is 0 Å². The minimum absolute atomic E-state index is 0.0459. The highest BCUT2D eigenvalue weighted by molar-refractivity contribution is 7.45. The van der Waals surface area contributed by atoms with Crippen molar-refractivity contribution in [1.82, 2.24) is 0 Å². The van der Waals surface area contributed by atoms with Crippen molar-refractivity contribution >= 4 is 19.8 Å². The first-order valence-electron chi connectivity index (χ1n) is 30.7. The van der Waals surface area contributed by atoms with Gasteiger partial charge in [-0.25, -0.2) is 0 Å². The lowest BCUT2D eigenvalue weighted by Gasteiger charge is -2.28. The largest absolute Gasteiger partial charge is 0.756 e. The van der Waals surface area contributed by atoms with Gasteiger partial charge in [0.05, 0.1) is 27.7 Å². The van der Waals surface area contributed by atoms with Crippen molar-refractivity contribution in [3.63, 3.8) is 0 Å².